The molecule has 0 aromatic heterocycles. The van der Waals surface area contributed by atoms with Gasteiger partial charge < -0.3 is 14.7 Å². The number of carbonyl (C=O) groups excluding carboxylic acids is 1. The first kappa shape index (κ1) is 12.0. The van der Waals surface area contributed by atoms with Crippen molar-refractivity contribution in [3.63, 3.8) is 0 Å². The Balaban J connectivity index is 2.52. The average Bonchev–Trinajstić information content (AvgIpc) is 2.20. The number of ether oxygens (including phenoxy) is 1. The Bertz CT molecular complexity index is 242. The summed E-state index contributed by atoms with van der Waals surface area (Å²) in [7, 11) is 1.59. The number of carboxylic acid groups (broad SMARTS) is 1. The molecule has 5 heteroatoms. The van der Waals surface area contributed by atoms with E-state index in [0.29, 0.717) is 38.8 Å². The van der Waals surface area contributed by atoms with Crippen LogP contribution in [0.1, 0.15) is 25.7 Å². The summed E-state index contributed by atoms with van der Waals surface area (Å²) < 4.78 is 4.88. The lowest BCUT2D eigenvalue weighted by Crippen LogP contribution is -2.48. The molecule has 0 saturated carbocycles. The maximum atomic E-state index is 11.5. The zero-order chi connectivity index (χ0) is 11.3. The summed E-state index contributed by atoms with van der Waals surface area (Å²) >= 11 is 0. The molecule has 15 heavy (non-hydrogen) atoms. The summed E-state index contributed by atoms with van der Waals surface area (Å²) in [5.41, 5.74) is 0. The smallest absolute Gasteiger partial charge is 0.326 e. The monoisotopic (exact) mass is 215 g/mol. The minimum atomic E-state index is -0.902. The molecule has 1 rings (SSSR count). The average molecular weight is 215 g/mol. The van der Waals surface area contributed by atoms with Gasteiger partial charge in [-0.05, 0) is 19.3 Å². The first-order chi connectivity index (χ1) is 7.16. The minimum Gasteiger partial charge on any atom is -0.480 e. The predicted molar refractivity (Wildman–Crippen MR) is 53.5 cm³/mol. The number of methoxy groups -OCH3 is 1. The highest BCUT2D eigenvalue weighted by molar-refractivity contribution is 5.84. The highest BCUT2D eigenvalue weighted by atomic mass is 16.5. The molecule has 1 heterocycles. The molecule has 1 aliphatic rings. The molecule has 1 amide bonds. The molecule has 86 valence electrons. The number of rotatable bonds is 5. The van der Waals surface area contributed by atoms with Crippen molar-refractivity contribution in [1.82, 2.24) is 4.90 Å². The van der Waals surface area contributed by atoms with Gasteiger partial charge in [0.15, 0.2) is 0 Å². The van der Waals surface area contributed by atoms with E-state index in [1.807, 2.05) is 0 Å². The van der Waals surface area contributed by atoms with E-state index in [-0.39, 0.29) is 5.91 Å². The summed E-state index contributed by atoms with van der Waals surface area (Å²) in [5, 5.41) is 8.96. The van der Waals surface area contributed by atoms with Crippen LogP contribution < -0.4 is 0 Å². The van der Waals surface area contributed by atoms with Crippen LogP contribution in [0.25, 0.3) is 0 Å². The van der Waals surface area contributed by atoms with E-state index in [2.05, 4.69) is 0 Å². The van der Waals surface area contributed by atoms with Gasteiger partial charge in [-0.25, -0.2) is 4.79 Å². The molecule has 1 aliphatic heterocycles. The molecule has 1 fully saturated rings. The highest BCUT2D eigenvalue weighted by Gasteiger charge is 2.32. The molecule has 5 nitrogen and oxygen atoms in total. The van der Waals surface area contributed by atoms with E-state index >= 15 is 0 Å². The minimum absolute atomic E-state index is 0.0512. The van der Waals surface area contributed by atoms with Gasteiger partial charge in [-0.3, -0.25) is 4.79 Å². The van der Waals surface area contributed by atoms with E-state index in [1.54, 1.807) is 7.11 Å². The Morgan fingerprint density at radius 2 is 2.40 bits per heavy atom. The number of piperidine rings is 1. The number of hydrogen-bond acceptors (Lipinski definition) is 3. The van der Waals surface area contributed by atoms with Crippen molar-refractivity contribution < 1.29 is 19.4 Å². The van der Waals surface area contributed by atoms with Crippen LogP contribution in [0.5, 0.6) is 0 Å². The van der Waals surface area contributed by atoms with Crippen LogP contribution in [0.2, 0.25) is 0 Å². The lowest BCUT2D eigenvalue weighted by Gasteiger charge is -2.32. The fourth-order valence-electron chi connectivity index (χ4n) is 1.84. The van der Waals surface area contributed by atoms with Crippen molar-refractivity contribution in [3.05, 3.63) is 0 Å². The normalized spacial score (nSPS) is 21.8. The molecule has 1 saturated heterocycles. The van der Waals surface area contributed by atoms with Crippen molar-refractivity contribution in [2.24, 2.45) is 0 Å². The van der Waals surface area contributed by atoms with Gasteiger partial charge in [-0.1, -0.05) is 0 Å². The summed E-state index contributed by atoms with van der Waals surface area (Å²) in [4.78, 5) is 23.9. The highest BCUT2D eigenvalue weighted by Crippen LogP contribution is 2.18. The van der Waals surface area contributed by atoms with Gasteiger partial charge in [0.05, 0.1) is 0 Å². The lowest BCUT2D eigenvalue weighted by atomic mass is 10.0. The maximum Gasteiger partial charge on any atom is 0.326 e. The van der Waals surface area contributed by atoms with E-state index in [4.69, 9.17) is 9.84 Å². The van der Waals surface area contributed by atoms with Gasteiger partial charge in [0.2, 0.25) is 5.91 Å². The number of likely N-dealkylation sites (tertiary alicyclic amines) is 1. The fourth-order valence-corrected chi connectivity index (χ4v) is 1.84. The molecule has 0 spiro atoms. The number of nitrogens with zero attached hydrogens (tertiary/aromatic N) is 1. The van der Waals surface area contributed by atoms with Crippen LogP contribution in [-0.2, 0) is 14.3 Å². The van der Waals surface area contributed by atoms with E-state index in [1.165, 1.54) is 4.90 Å². The predicted octanol–water partition coefficient (Wildman–Crippen LogP) is 0.489. The van der Waals surface area contributed by atoms with Crippen LogP contribution in [-0.4, -0.2) is 48.2 Å². The standard InChI is InChI=1S/C10H17NO4/c1-15-7-3-6-11-8(10(13)14)4-2-5-9(11)12/h8H,2-7H2,1H3,(H,13,14). The molecule has 0 bridgehead atoms. The Hall–Kier alpha value is -1.10. The molecule has 0 aliphatic carbocycles. The fraction of sp³-hybridized carbons (Fsp3) is 0.800. The van der Waals surface area contributed by atoms with E-state index in [9.17, 15) is 9.59 Å². The van der Waals surface area contributed by atoms with E-state index in [0.717, 1.165) is 0 Å². The van der Waals surface area contributed by atoms with Gasteiger partial charge in [-0.15, -0.1) is 0 Å². The molecular formula is C10H17NO4. The Morgan fingerprint density at radius 1 is 1.67 bits per heavy atom. The lowest BCUT2D eigenvalue weighted by molar-refractivity contribution is -0.153. The molecule has 0 radical (unpaired) electrons. The summed E-state index contributed by atoms with van der Waals surface area (Å²) in [6, 6.07) is -0.636. The molecule has 0 aromatic carbocycles. The third kappa shape index (κ3) is 3.20. The number of amides is 1. The summed E-state index contributed by atoms with van der Waals surface area (Å²) in [6.07, 6.45) is 2.40. The molecule has 0 aromatic rings. The summed E-state index contributed by atoms with van der Waals surface area (Å²) in [5.74, 6) is -0.954. The van der Waals surface area contributed by atoms with Crippen LogP contribution >= 0.6 is 0 Å². The molecular weight excluding hydrogens is 198 g/mol. The van der Waals surface area contributed by atoms with Crippen LogP contribution in [0, 0.1) is 0 Å². The zero-order valence-corrected chi connectivity index (χ0v) is 8.94. The van der Waals surface area contributed by atoms with Gasteiger partial charge in [0, 0.05) is 26.7 Å². The third-order valence-corrected chi connectivity index (χ3v) is 2.60. The first-order valence-corrected chi connectivity index (χ1v) is 5.18. The summed E-state index contributed by atoms with van der Waals surface area (Å²) in [6.45, 7) is 1.03. The Kier molecular flexibility index (Phi) is 4.55. The van der Waals surface area contributed by atoms with Crippen molar-refractivity contribution in [3.8, 4) is 0 Å². The van der Waals surface area contributed by atoms with Gasteiger partial charge in [-0.2, -0.15) is 0 Å². The third-order valence-electron chi connectivity index (χ3n) is 2.60. The number of carbonyl (C=O) groups is 2. The van der Waals surface area contributed by atoms with Crippen LogP contribution in [0.3, 0.4) is 0 Å². The topological polar surface area (TPSA) is 66.8 Å². The van der Waals surface area contributed by atoms with Crippen LogP contribution in [0.4, 0.5) is 0 Å². The van der Waals surface area contributed by atoms with Crippen LogP contribution in [0.15, 0.2) is 0 Å². The molecule has 1 unspecified atom stereocenters. The van der Waals surface area contributed by atoms with Gasteiger partial charge in [0.1, 0.15) is 6.04 Å². The van der Waals surface area contributed by atoms with Crippen molar-refractivity contribution in [2.75, 3.05) is 20.3 Å². The van der Waals surface area contributed by atoms with Gasteiger partial charge >= 0.3 is 5.97 Å². The van der Waals surface area contributed by atoms with E-state index < -0.39 is 12.0 Å². The SMILES string of the molecule is COCCCN1C(=O)CCCC1C(=O)O. The molecule has 1 atom stereocenters. The zero-order valence-electron chi connectivity index (χ0n) is 8.94. The largest absolute Gasteiger partial charge is 0.480 e. The Labute approximate surface area is 89.0 Å². The Morgan fingerprint density at radius 3 is 3.00 bits per heavy atom. The first-order valence-electron chi connectivity index (χ1n) is 5.18. The second-order valence-corrected chi connectivity index (χ2v) is 3.68. The number of hydrogen-bond donors (Lipinski definition) is 1. The van der Waals surface area contributed by atoms with Crippen molar-refractivity contribution >= 4 is 11.9 Å². The van der Waals surface area contributed by atoms with Gasteiger partial charge in [0.25, 0.3) is 0 Å². The number of carboxylic acids is 1. The second kappa shape index (κ2) is 5.70. The number of aliphatic carboxylic acids is 1. The second-order valence-electron chi connectivity index (χ2n) is 3.68. The maximum absolute atomic E-state index is 11.5. The van der Waals surface area contributed by atoms with Crippen molar-refractivity contribution in [2.45, 2.75) is 31.7 Å². The van der Waals surface area contributed by atoms with Crippen molar-refractivity contribution in [1.29, 1.82) is 0 Å². The molecule has 1 N–H and O–H groups in total. The quantitative estimate of drug-likeness (QED) is 0.678.